The molecule has 0 aliphatic heterocycles. The molecule has 4 rings (SSSR count). The molecule has 0 bridgehead atoms. The van der Waals surface area contributed by atoms with Crippen molar-refractivity contribution in [1.82, 2.24) is 9.55 Å². The standard InChI is InChI=1S/C20H19F2N3O3S/c1-11-2-7-14-15(8-11)29-18-17(14)19(27)25(10-23-18)9-16(26)24-12-3-5-13(6-4-12)28-20(21)22/h3-6,10-11,20H,2,7-9H2,1H3,(H,24,26). The maximum absolute atomic E-state index is 12.9. The quantitative estimate of drug-likeness (QED) is 0.682. The van der Waals surface area contributed by atoms with E-state index in [1.807, 2.05) is 0 Å². The zero-order valence-corrected chi connectivity index (χ0v) is 16.5. The van der Waals surface area contributed by atoms with Gasteiger partial charge in [-0.2, -0.15) is 8.78 Å². The van der Waals surface area contributed by atoms with Crippen LogP contribution in [0.2, 0.25) is 0 Å². The molecule has 6 nitrogen and oxygen atoms in total. The van der Waals surface area contributed by atoms with Crippen molar-refractivity contribution in [1.29, 1.82) is 0 Å². The molecule has 1 unspecified atom stereocenters. The molecule has 2 heterocycles. The normalized spacial score (nSPS) is 16.1. The van der Waals surface area contributed by atoms with Gasteiger partial charge in [0.25, 0.3) is 5.56 Å². The van der Waals surface area contributed by atoms with Crippen LogP contribution in [0.5, 0.6) is 5.75 Å². The Labute approximate surface area is 169 Å². The minimum Gasteiger partial charge on any atom is -0.435 e. The number of benzene rings is 1. The number of hydrogen-bond donors (Lipinski definition) is 1. The van der Waals surface area contributed by atoms with Gasteiger partial charge in [-0.05, 0) is 55.0 Å². The highest BCUT2D eigenvalue weighted by molar-refractivity contribution is 7.18. The van der Waals surface area contributed by atoms with Crippen LogP contribution in [-0.4, -0.2) is 22.1 Å². The molecule has 9 heteroatoms. The van der Waals surface area contributed by atoms with E-state index in [-0.39, 0.29) is 17.9 Å². The summed E-state index contributed by atoms with van der Waals surface area (Å²) in [5.41, 5.74) is 1.28. The summed E-state index contributed by atoms with van der Waals surface area (Å²) in [5.74, 6) is 0.190. The third kappa shape index (κ3) is 4.14. The SMILES string of the molecule is CC1CCc2c(sc3ncn(CC(=O)Nc4ccc(OC(F)F)cc4)c(=O)c23)C1. The molecule has 29 heavy (non-hydrogen) atoms. The van der Waals surface area contributed by atoms with E-state index in [2.05, 4.69) is 22.0 Å². The van der Waals surface area contributed by atoms with Crippen molar-refractivity contribution in [3.63, 3.8) is 0 Å². The second-order valence-corrected chi connectivity index (χ2v) is 8.24. The number of aromatic nitrogens is 2. The first-order valence-electron chi connectivity index (χ1n) is 9.25. The van der Waals surface area contributed by atoms with Crippen LogP contribution < -0.4 is 15.6 Å². The number of carbonyl (C=O) groups excluding carboxylic acids is 1. The van der Waals surface area contributed by atoms with Crippen LogP contribution in [-0.2, 0) is 24.2 Å². The van der Waals surface area contributed by atoms with E-state index in [0.29, 0.717) is 17.0 Å². The van der Waals surface area contributed by atoms with Crippen molar-refractivity contribution in [2.75, 3.05) is 5.32 Å². The molecular formula is C20H19F2N3O3S. The molecule has 1 aliphatic carbocycles. The first-order chi connectivity index (χ1) is 13.9. The zero-order chi connectivity index (χ0) is 20.5. The van der Waals surface area contributed by atoms with Gasteiger partial charge in [0, 0.05) is 10.6 Å². The first kappa shape index (κ1) is 19.5. The molecule has 0 radical (unpaired) electrons. The van der Waals surface area contributed by atoms with E-state index in [0.717, 1.165) is 29.7 Å². The number of ether oxygens (including phenoxy) is 1. The van der Waals surface area contributed by atoms with Crippen molar-refractivity contribution in [2.45, 2.75) is 39.3 Å². The van der Waals surface area contributed by atoms with E-state index < -0.39 is 12.5 Å². The Bertz CT molecular complexity index is 1110. The highest BCUT2D eigenvalue weighted by Crippen LogP contribution is 2.35. The Hall–Kier alpha value is -2.81. The number of aryl methyl sites for hydroxylation is 1. The summed E-state index contributed by atoms with van der Waals surface area (Å²) in [7, 11) is 0. The number of halogens is 2. The number of nitrogens with zero attached hydrogens (tertiary/aromatic N) is 2. The maximum atomic E-state index is 12.9. The lowest BCUT2D eigenvalue weighted by molar-refractivity contribution is -0.116. The summed E-state index contributed by atoms with van der Waals surface area (Å²) in [5, 5.41) is 3.27. The number of anilines is 1. The summed E-state index contributed by atoms with van der Waals surface area (Å²) in [4.78, 5) is 31.6. The largest absolute Gasteiger partial charge is 0.435 e. The molecule has 1 aliphatic rings. The number of hydrogen-bond acceptors (Lipinski definition) is 5. The fourth-order valence-corrected chi connectivity index (χ4v) is 4.89. The van der Waals surface area contributed by atoms with Crippen LogP contribution in [0, 0.1) is 5.92 Å². The van der Waals surface area contributed by atoms with Gasteiger partial charge < -0.3 is 10.1 Å². The van der Waals surface area contributed by atoms with Crippen molar-refractivity contribution >= 4 is 33.1 Å². The fraction of sp³-hybridized carbons (Fsp3) is 0.350. The van der Waals surface area contributed by atoms with Gasteiger partial charge in [-0.25, -0.2) is 4.98 Å². The monoisotopic (exact) mass is 419 g/mol. The van der Waals surface area contributed by atoms with Crippen molar-refractivity contribution in [2.24, 2.45) is 5.92 Å². The van der Waals surface area contributed by atoms with E-state index in [9.17, 15) is 18.4 Å². The Morgan fingerprint density at radius 1 is 1.38 bits per heavy atom. The summed E-state index contributed by atoms with van der Waals surface area (Å²) < 4.78 is 30.0. The third-order valence-electron chi connectivity index (χ3n) is 4.96. The van der Waals surface area contributed by atoms with Crippen LogP contribution in [0.3, 0.4) is 0 Å². The summed E-state index contributed by atoms with van der Waals surface area (Å²) in [6.45, 7) is -0.885. The van der Waals surface area contributed by atoms with Gasteiger partial charge in [0.2, 0.25) is 5.91 Å². The number of carbonyl (C=O) groups is 1. The predicted molar refractivity (Wildman–Crippen MR) is 107 cm³/mol. The maximum Gasteiger partial charge on any atom is 0.387 e. The van der Waals surface area contributed by atoms with Gasteiger partial charge in [-0.3, -0.25) is 14.2 Å². The van der Waals surface area contributed by atoms with Gasteiger partial charge in [-0.1, -0.05) is 6.92 Å². The summed E-state index contributed by atoms with van der Waals surface area (Å²) in [6, 6.07) is 5.58. The predicted octanol–water partition coefficient (Wildman–Crippen LogP) is 3.82. The van der Waals surface area contributed by atoms with E-state index >= 15 is 0 Å². The molecule has 3 aromatic rings. The minimum atomic E-state index is -2.91. The Morgan fingerprint density at radius 3 is 2.86 bits per heavy atom. The van der Waals surface area contributed by atoms with Gasteiger partial charge >= 0.3 is 6.61 Å². The Balaban J connectivity index is 1.51. The fourth-order valence-electron chi connectivity index (χ4n) is 3.55. The molecule has 0 saturated carbocycles. The van der Waals surface area contributed by atoms with Crippen LogP contribution in [0.25, 0.3) is 10.2 Å². The number of amides is 1. The van der Waals surface area contributed by atoms with Crippen LogP contribution in [0.15, 0.2) is 35.4 Å². The summed E-state index contributed by atoms with van der Waals surface area (Å²) in [6.07, 6.45) is 4.26. The lowest BCUT2D eigenvalue weighted by atomic mass is 9.89. The number of thiophene rings is 1. The summed E-state index contributed by atoms with van der Waals surface area (Å²) >= 11 is 1.56. The highest BCUT2D eigenvalue weighted by Gasteiger charge is 2.23. The molecule has 1 amide bonds. The topological polar surface area (TPSA) is 73.2 Å². The number of rotatable bonds is 5. The minimum absolute atomic E-state index is 0.000389. The molecule has 0 spiro atoms. The van der Waals surface area contributed by atoms with E-state index in [1.165, 1.54) is 40.0 Å². The molecule has 0 saturated heterocycles. The average Bonchev–Trinajstić information content (AvgIpc) is 3.03. The highest BCUT2D eigenvalue weighted by atomic mass is 32.1. The molecule has 2 aromatic heterocycles. The van der Waals surface area contributed by atoms with Crippen molar-refractivity contribution in [3.8, 4) is 5.75 Å². The second kappa shape index (κ2) is 7.90. The third-order valence-corrected chi connectivity index (χ3v) is 6.12. The van der Waals surface area contributed by atoms with Crippen molar-refractivity contribution < 1.29 is 18.3 Å². The number of nitrogens with one attached hydrogen (secondary N) is 1. The number of alkyl halides is 2. The molecule has 152 valence electrons. The van der Waals surface area contributed by atoms with E-state index in [1.54, 1.807) is 11.3 Å². The molecule has 1 N–H and O–H groups in total. The Kier molecular flexibility index (Phi) is 5.31. The number of fused-ring (bicyclic) bond motifs is 3. The van der Waals surface area contributed by atoms with Gasteiger partial charge in [0.1, 0.15) is 17.1 Å². The molecular weight excluding hydrogens is 400 g/mol. The second-order valence-electron chi connectivity index (χ2n) is 7.16. The van der Waals surface area contributed by atoms with Crippen LogP contribution >= 0.6 is 11.3 Å². The molecule has 1 aromatic carbocycles. The molecule has 0 fully saturated rings. The lowest BCUT2D eigenvalue weighted by Crippen LogP contribution is -2.28. The average molecular weight is 419 g/mol. The smallest absolute Gasteiger partial charge is 0.387 e. The van der Waals surface area contributed by atoms with Gasteiger partial charge in [0.05, 0.1) is 11.7 Å². The van der Waals surface area contributed by atoms with Crippen molar-refractivity contribution in [3.05, 3.63) is 51.4 Å². The van der Waals surface area contributed by atoms with Crippen LogP contribution in [0.1, 0.15) is 23.8 Å². The first-order valence-corrected chi connectivity index (χ1v) is 10.1. The van der Waals surface area contributed by atoms with E-state index in [4.69, 9.17) is 0 Å². The van der Waals surface area contributed by atoms with Gasteiger partial charge in [0.15, 0.2) is 0 Å². The Morgan fingerprint density at radius 2 is 2.14 bits per heavy atom. The lowest BCUT2D eigenvalue weighted by Gasteiger charge is -2.17. The zero-order valence-electron chi connectivity index (χ0n) is 15.7. The van der Waals surface area contributed by atoms with Gasteiger partial charge in [-0.15, -0.1) is 11.3 Å². The van der Waals surface area contributed by atoms with Crippen LogP contribution in [0.4, 0.5) is 14.5 Å². The molecule has 1 atom stereocenters.